The minimum Gasteiger partial charge on any atom is -0.488 e. The fourth-order valence-corrected chi connectivity index (χ4v) is 3.83. The van der Waals surface area contributed by atoms with Gasteiger partial charge in [-0.15, -0.1) is 0 Å². The molecule has 10 heteroatoms. The van der Waals surface area contributed by atoms with Gasteiger partial charge in [-0.05, 0) is 60.7 Å². The molecule has 0 unspecified atom stereocenters. The number of carboxylic acids is 1. The molecule has 0 spiro atoms. The highest BCUT2D eigenvalue weighted by Gasteiger charge is 2.32. The molecule has 3 aromatic rings. The molecule has 1 aliphatic rings. The number of halogens is 5. The second-order valence-corrected chi connectivity index (χ2v) is 7.60. The Bertz CT molecular complexity index is 1270. The number of allylic oxidation sites excluding steroid dienone is 2. The monoisotopic (exact) mass is 476 g/mol. The number of carboxylic acid groups (broad SMARTS) is 1. The van der Waals surface area contributed by atoms with E-state index in [1.54, 1.807) is 0 Å². The van der Waals surface area contributed by atoms with Gasteiger partial charge in [0.2, 0.25) is 0 Å². The first kappa shape index (κ1) is 23.3. The summed E-state index contributed by atoms with van der Waals surface area (Å²) in [4.78, 5) is 19.2. The lowest BCUT2D eigenvalue weighted by Crippen LogP contribution is -2.08. The van der Waals surface area contributed by atoms with Gasteiger partial charge >= 0.3 is 12.1 Å². The lowest BCUT2D eigenvalue weighted by atomic mass is 9.97. The molecule has 0 radical (unpaired) electrons. The molecule has 0 amide bonds. The smallest absolute Gasteiger partial charge is 0.416 e. The molecule has 1 aliphatic carbocycles. The minimum atomic E-state index is -4.63. The van der Waals surface area contributed by atoms with Crippen molar-refractivity contribution < 1.29 is 36.6 Å². The van der Waals surface area contributed by atoms with Crippen LogP contribution in [0.25, 0.3) is 11.1 Å². The highest BCUT2D eigenvalue weighted by molar-refractivity contribution is 5.94. The van der Waals surface area contributed by atoms with Crippen molar-refractivity contribution in [3.05, 3.63) is 88.5 Å². The van der Waals surface area contributed by atoms with Crippen LogP contribution in [0.1, 0.15) is 52.1 Å². The first-order valence-corrected chi connectivity index (χ1v) is 10.2. The Morgan fingerprint density at radius 2 is 1.74 bits per heavy atom. The number of aromatic carboxylic acids is 1. The van der Waals surface area contributed by atoms with Crippen LogP contribution in [-0.4, -0.2) is 21.0 Å². The number of hydrogen-bond donors (Lipinski definition) is 1. The fourth-order valence-electron chi connectivity index (χ4n) is 3.83. The van der Waals surface area contributed by atoms with Gasteiger partial charge in [0, 0.05) is 5.56 Å². The van der Waals surface area contributed by atoms with E-state index in [2.05, 4.69) is 9.97 Å². The number of ether oxygens (including phenoxy) is 1. The number of alkyl halides is 3. The second-order valence-electron chi connectivity index (χ2n) is 7.60. The van der Waals surface area contributed by atoms with Crippen molar-refractivity contribution in [2.24, 2.45) is 0 Å². The van der Waals surface area contributed by atoms with Crippen LogP contribution in [0.2, 0.25) is 0 Å². The summed E-state index contributed by atoms with van der Waals surface area (Å²) in [7, 11) is 0. The van der Waals surface area contributed by atoms with E-state index in [0.29, 0.717) is 30.4 Å². The van der Waals surface area contributed by atoms with E-state index in [-0.39, 0.29) is 28.3 Å². The van der Waals surface area contributed by atoms with E-state index in [1.165, 1.54) is 12.3 Å². The largest absolute Gasteiger partial charge is 0.488 e. The molecule has 0 atom stereocenters. The van der Waals surface area contributed by atoms with Crippen LogP contribution in [0.4, 0.5) is 22.0 Å². The van der Waals surface area contributed by atoms with Gasteiger partial charge in [-0.2, -0.15) is 13.2 Å². The molecular formula is C24H17F5N2O3. The molecule has 5 nitrogen and oxygen atoms in total. The Labute approximate surface area is 190 Å². The number of benzene rings is 2. The number of aromatic nitrogens is 2. The summed E-state index contributed by atoms with van der Waals surface area (Å²) >= 11 is 0. The van der Waals surface area contributed by atoms with Gasteiger partial charge in [0.1, 0.15) is 24.0 Å². The maximum Gasteiger partial charge on any atom is 0.416 e. The van der Waals surface area contributed by atoms with Crippen molar-refractivity contribution in [1.82, 2.24) is 9.97 Å². The molecule has 34 heavy (non-hydrogen) atoms. The Morgan fingerprint density at radius 3 is 2.41 bits per heavy atom. The molecule has 1 aromatic heterocycles. The summed E-state index contributed by atoms with van der Waals surface area (Å²) in [5.41, 5.74) is -0.224. The van der Waals surface area contributed by atoms with Crippen LogP contribution in [0.3, 0.4) is 0 Å². The van der Waals surface area contributed by atoms with Gasteiger partial charge in [-0.3, -0.25) is 4.98 Å². The molecule has 0 aliphatic heterocycles. The number of rotatable bonds is 6. The highest BCUT2D eigenvalue weighted by Crippen LogP contribution is 2.44. The summed E-state index contributed by atoms with van der Waals surface area (Å²) in [6.07, 6.45) is -0.821. The topological polar surface area (TPSA) is 72.3 Å². The number of hydrogen-bond acceptors (Lipinski definition) is 4. The molecule has 0 bridgehead atoms. The van der Waals surface area contributed by atoms with Crippen LogP contribution >= 0.6 is 0 Å². The number of nitrogens with zero attached hydrogens (tertiary/aromatic N) is 2. The van der Waals surface area contributed by atoms with E-state index >= 15 is 0 Å². The van der Waals surface area contributed by atoms with E-state index in [4.69, 9.17) is 4.74 Å². The zero-order valence-corrected chi connectivity index (χ0v) is 17.5. The Hall–Kier alpha value is -3.82. The quantitative estimate of drug-likeness (QED) is 0.433. The van der Waals surface area contributed by atoms with Crippen molar-refractivity contribution in [2.75, 3.05) is 0 Å². The van der Waals surface area contributed by atoms with E-state index in [1.807, 2.05) is 0 Å². The maximum absolute atomic E-state index is 14.0. The van der Waals surface area contributed by atoms with Crippen molar-refractivity contribution >= 4 is 17.1 Å². The van der Waals surface area contributed by atoms with E-state index < -0.39 is 36.0 Å². The molecule has 176 valence electrons. The first-order valence-electron chi connectivity index (χ1n) is 10.2. The van der Waals surface area contributed by atoms with Gasteiger partial charge in [0.05, 0.1) is 29.2 Å². The summed E-state index contributed by atoms with van der Waals surface area (Å²) in [6, 6.07) is 6.17. The third kappa shape index (κ3) is 4.75. The van der Waals surface area contributed by atoms with Gasteiger partial charge in [0.25, 0.3) is 0 Å². The molecule has 0 saturated heterocycles. The standard InChI is InChI=1S/C24H17F5N2O3/c25-18-5-2-6-19(26)17(18)12-34-22-8-7-13(24(27,28)29)9-16(22)14-3-1-4-15(14)20-10-30-11-21(31-20)23(32)33/h2,5-11H,1,3-4,12H2,(H,32,33). The summed E-state index contributed by atoms with van der Waals surface area (Å²) in [5.74, 6) is -2.96. The Morgan fingerprint density at radius 1 is 1.03 bits per heavy atom. The van der Waals surface area contributed by atoms with Crippen LogP contribution in [0.5, 0.6) is 5.75 Å². The lowest BCUT2D eigenvalue weighted by molar-refractivity contribution is -0.137. The third-order valence-electron chi connectivity index (χ3n) is 5.45. The Balaban J connectivity index is 1.80. The van der Waals surface area contributed by atoms with Crippen LogP contribution in [0.15, 0.2) is 48.8 Å². The molecular weight excluding hydrogens is 459 g/mol. The number of carbonyl (C=O) groups is 1. The van der Waals surface area contributed by atoms with E-state index in [9.17, 15) is 31.9 Å². The average Bonchev–Trinajstić information content (AvgIpc) is 3.28. The molecule has 4 rings (SSSR count). The summed E-state index contributed by atoms with van der Waals surface area (Å²) in [5, 5.41) is 9.20. The van der Waals surface area contributed by atoms with Crippen molar-refractivity contribution in [2.45, 2.75) is 32.0 Å². The zero-order valence-electron chi connectivity index (χ0n) is 17.5. The van der Waals surface area contributed by atoms with Crippen molar-refractivity contribution in [3.63, 3.8) is 0 Å². The lowest BCUT2D eigenvalue weighted by Gasteiger charge is -2.17. The zero-order chi connectivity index (χ0) is 24.5. The summed E-state index contributed by atoms with van der Waals surface area (Å²) < 4.78 is 74.0. The third-order valence-corrected chi connectivity index (χ3v) is 5.45. The van der Waals surface area contributed by atoms with Gasteiger partial charge < -0.3 is 9.84 Å². The van der Waals surface area contributed by atoms with E-state index in [0.717, 1.165) is 36.5 Å². The van der Waals surface area contributed by atoms with Crippen LogP contribution < -0.4 is 4.74 Å². The highest BCUT2D eigenvalue weighted by atomic mass is 19.4. The first-order chi connectivity index (χ1) is 16.1. The molecule has 2 aromatic carbocycles. The van der Waals surface area contributed by atoms with Gasteiger partial charge in [-0.25, -0.2) is 18.6 Å². The van der Waals surface area contributed by atoms with Crippen LogP contribution in [-0.2, 0) is 12.8 Å². The Kier molecular flexibility index (Phi) is 6.32. The second kappa shape index (κ2) is 9.20. The minimum absolute atomic E-state index is 0.00685. The normalized spacial score (nSPS) is 13.9. The van der Waals surface area contributed by atoms with Crippen molar-refractivity contribution in [3.8, 4) is 5.75 Å². The molecule has 1 heterocycles. The maximum atomic E-state index is 14.0. The van der Waals surface area contributed by atoms with Gasteiger partial charge in [-0.1, -0.05) is 6.07 Å². The molecule has 1 N–H and O–H groups in total. The molecule has 0 fully saturated rings. The van der Waals surface area contributed by atoms with Crippen molar-refractivity contribution in [1.29, 1.82) is 0 Å². The van der Waals surface area contributed by atoms with Gasteiger partial charge in [0.15, 0.2) is 5.69 Å². The predicted molar refractivity (Wildman–Crippen MR) is 112 cm³/mol. The predicted octanol–water partition coefficient (Wildman–Crippen LogP) is 6.15. The fraction of sp³-hybridized carbons (Fsp3) is 0.208. The summed E-state index contributed by atoms with van der Waals surface area (Å²) in [6.45, 7) is -0.534. The average molecular weight is 476 g/mol. The van der Waals surface area contributed by atoms with Crippen LogP contribution in [0, 0.1) is 11.6 Å². The molecule has 0 saturated carbocycles. The SMILES string of the molecule is O=C(O)c1cncc(C2=C(c3cc(C(F)(F)F)ccc3OCc3c(F)cccc3F)CCC2)n1.